The van der Waals surface area contributed by atoms with E-state index >= 15 is 0 Å². The van der Waals surface area contributed by atoms with Gasteiger partial charge in [-0.3, -0.25) is 0 Å². The molecule has 130 valence electrons. The summed E-state index contributed by atoms with van der Waals surface area (Å²) < 4.78 is 7.60. The first-order valence-corrected chi connectivity index (χ1v) is 19.2. The third-order valence-corrected chi connectivity index (χ3v) is 12.1. The van der Waals surface area contributed by atoms with Crippen molar-refractivity contribution in [1.29, 1.82) is 0 Å². The zero-order valence-corrected chi connectivity index (χ0v) is 18.8. The Balaban J connectivity index is 2.10. The Morgan fingerprint density at radius 1 is 1.22 bits per heavy atom. The average Bonchev–Trinajstić information content (AvgIpc) is 2.88. The summed E-state index contributed by atoms with van der Waals surface area (Å²) in [6, 6.07) is 0. The average molecular weight is 425 g/mol. The molecule has 3 heteroatoms. The van der Waals surface area contributed by atoms with Gasteiger partial charge in [0.05, 0.1) is 0 Å². The number of ether oxygens (including phenoxy) is 1. The van der Waals surface area contributed by atoms with Crippen LogP contribution in [0.1, 0.15) is 59.3 Å². The first-order chi connectivity index (χ1) is 10.6. The van der Waals surface area contributed by atoms with Crippen molar-refractivity contribution < 1.29 is 9.53 Å². The van der Waals surface area contributed by atoms with Crippen LogP contribution < -0.4 is 0 Å². The summed E-state index contributed by atoms with van der Waals surface area (Å²) in [7, 11) is 0. The second kappa shape index (κ2) is 7.33. The molecule has 2 nitrogen and oxygen atoms in total. The van der Waals surface area contributed by atoms with Crippen molar-refractivity contribution in [3.63, 3.8) is 0 Å². The van der Waals surface area contributed by atoms with E-state index < -0.39 is 18.4 Å². The Hall–Kier alpha value is -0.251. The second-order valence-corrected chi connectivity index (χ2v) is 23.7. The SMILES string of the molecule is CC(C)COC1=CC(=O)C(C)(CC2=[C]([Sn]([CH3])([CH3])[CH3])CCC2)CC1. The molecule has 0 amide bonds. The summed E-state index contributed by atoms with van der Waals surface area (Å²) in [6.07, 6.45) is 8.47. The molecule has 0 fully saturated rings. The molecular weight excluding hydrogens is 391 g/mol. The van der Waals surface area contributed by atoms with E-state index in [1.54, 1.807) is 15.2 Å². The summed E-state index contributed by atoms with van der Waals surface area (Å²) in [5.74, 6) is 1.69. The van der Waals surface area contributed by atoms with Gasteiger partial charge in [0.1, 0.15) is 0 Å². The number of hydrogen-bond acceptors (Lipinski definition) is 2. The molecule has 0 aromatic carbocycles. The molecule has 0 spiro atoms. The molecule has 0 radical (unpaired) electrons. The molecule has 0 bridgehead atoms. The molecule has 23 heavy (non-hydrogen) atoms. The molecule has 1 atom stereocenters. The second-order valence-electron chi connectivity index (χ2n) is 9.10. The van der Waals surface area contributed by atoms with Crippen LogP contribution in [0.25, 0.3) is 0 Å². The summed E-state index contributed by atoms with van der Waals surface area (Å²) in [4.78, 5) is 20.3. The zero-order chi connectivity index (χ0) is 17.3. The third kappa shape index (κ3) is 4.87. The Morgan fingerprint density at radius 3 is 2.48 bits per heavy atom. The van der Waals surface area contributed by atoms with E-state index in [0.29, 0.717) is 12.5 Å². The van der Waals surface area contributed by atoms with Crippen molar-refractivity contribution in [3.05, 3.63) is 21.0 Å². The minimum absolute atomic E-state index is 0.202. The van der Waals surface area contributed by atoms with Crippen LogP contribution in [0.3, 0.4) is 0 Å². The Morgan fingerprint density at radius 2 is 1.91 bits per heavy atom. The van der Waals surface area contributed by atoms with Crippen LogP contribution >= 0.6 is 0 Å². The Labute approximate surface area is 146 Å². The standard InChI is InChI=1S/C17H25O2.3CH3.Sn/c1-13(2)12-19-15-8-9-17(3,16(18)10-15)11-14-6-4-5-7-14;;;;/h10,13H,4-6,8-9,11-12H2,1-3H3;3*1H3;. The molecular formula is C20H34O2Sn. The van der Waals surface area contributed by atoms with Crippen LogP contribution in [0, 0.1) is 11.3 Å². The van der Waals surface area contributed by atoms with Gasteiger partial charge in [-0.2, -0.15) is 0 Å². The first-order valence-electron chi connectivity index (χ1n) is 9.21. The number of carbonyl (C=O) groups excluding carboxylic acids is 1. The van der Waals surface area contributed by atoms with Crippen LogP contribution in [-0.2, 0) is 9.53 Å². The van der Waals surface area contributed by atoms with Crippen LogP contribution in [-0.4, -0.2) is 30.8 Å². The molecule has 2 aliphatic carbocycles. The predicted molar refractivity (Wildman–Crippen MR) is 100 cm³/mol. The van der Waals surface area contributed by atoms with Gasteiger partial charge < -0.3 is 0 Å². The number of hydrogen-bond donors (Lipinski definition) is 0. The van der Waals surface area contributed by atoms with Crippen molar-refractivity contribution in [2.75, 3.05) is 6.61 Å². The fourth-order valence-corrected chi connectivity index (χ4v) is 10.1. The van der Waals surface area contributed by atoms with Gasteiger partial charge >= 0.3 is 147 Å². The molecule has 0 saturated carbocycles. The molecule has 0 N–H and O–H groups in total. The maximum absolute atomic E-state index is 12.8. The maximum atomic E-state index is 12.8. The van der Waals surface area contributed by atoms with E-state index in [4.69, 9.17) is 4.74 Å². The molecule has 0 heterocycles. The summed E-state index contributed by atoms with van der Waals surface area (Å²) in [5.41, 5.74) is 1.44. The van der Waals surface area contributed by atoms with E-state index in [9.17, 15) is 4.79 Å². The molecule has 0 aromatic rings. The Bertz CT molecular complexity index is 522. The van der Waals surface area contributed by atoms with Crippen LogP contribution in [0.4, 0.5) is 0 Å². The van der Waals surface area contributed by atoms with Gasteiger partial charge in [0.15, 0.2) is 0 Å². The number of carbonyl (C=O) groups is 1. The fourth-order valence-electron chi connectivity index (χ4n) is 3.86. The van der Waals surface area contributed by atoms with Gasteiger partial charge in [0.2, 0.25) is 0 Å². The van der Waals surface area contributed by atoms with E-state index in [0.717, 1.165) is 25.0 Å². The van der Waals surface area contributed by atoms with Gasteiger partial charge in [-0.1, -0.05) is 0 Å². The van der Waals surface area contributed by atoms with Crippen molar-refractivity contribution in [1.82, 2.24) is 0 Å². The summed E-state index contributed by atoms with van der Waals surface area (Å²) in [5, 5.41) is 0. The number of allylic oxidation sites excluding steroid dienone is 4. The molecule has 0 aromatic heterocycles. The Kier molecular flexibility index (Phi) is 6.08. The van der Waals surface area contributed by atoms with E-state index in [2.05, 4.69) is 35.6 Å². The van der Waals surface area contributed by atoms with Crippen molar-refractivity contribution in [3.8, 4) is 0 Å². The van der Waals surface area contributed by atoms with E-state index in [1.165, 1.54) is 19.3 Å². The number of ketones is 1. The monoisotopic (exact) mass is 426 g/mol. The molecule has 2 aliphatic rings. The van der Waals surface area contributed by atoms with Gasteiger partial charge in [-0.15, -0.1) is 0 Å². The van der Waals surface area contributed by atoms with Crippen molar-refractivity contribution >= 4 is 24.2 Å². The molecule has 0 aliphatic heterocycles. The van der Waals surface area contributed by atoms with Gasteiger partial charge in [-0.05, 0) is 0 Å². The molecule has 1 unspecified atom stereocenters. The zero-order valence-electron chi connectivity index (χ0n) is 15.9. The summed E-state index contributed by atoms with van der Waals surface area (Å²) in [6.45, 7) is 7.17. The predicted octanol–water partition coefficient (Wildman–Crippen LogP) is 5.66. The van der Waals surface area contributed by atoms with Crippen LogP contribution in [0.2, 0.25) is 14.8 Å². The quantitative estimate of drug-likeness (QED) is 0.514. The third-order valence-electron chi connectivity index (χ3n) is 5.25. The topological polar surface area (TPSA) is 26.3 Å². The van der Waals surface area contributed by atoms with E-state index in [1.807, 2.05) is 0 Å². The number of rotatable bonds is 6. The van der Waals surface area contributed by atoms with Crippen molar-refractivity contribution in [2.24, 2.45) is 11.3 Å². The summed E-state index contributed by atoms with van der Waals surface area (Å²) >= 11 is -1.99. The molecule has 0 saturated heterocycles. The van der Waals surface area contributed by atoms with Crippen LogP contribution in [0.5, 0.6) is 0 Å². The minimum atomic E-state index is -1.99. The van der Waals surface area contributed by atoms with Gasteiger partial charge in [-0.25, -0.2) is 0 Å². The van der Waals surface area contributed by atoms with Gasteiger partial charge in [0, 0.05) is 0 Å². The van der Waals surface area contributed by atoms with Crippen molar-refractivity contribution in [2.45, 2.75) is 74.1 Å². The van der Waals surface area contributed by atoms with E-state index in [-0.39, 0.29) is 11.2 Å². The van der Waals surface area contributed by atoms with Crippen LogP contribution in [0.15, 0.2) is 21.0 Å². The molecule has 2 rings (SSSR count). The first kappa shape index (κ1) is 19.1. The normalized spacial score (nSPS) is 26.0. The fraction of sp³-hybridized carbons (Fsp3) is 0.750. The van der Waals surface area contributed by atoms with Gasteiger partial charge in [0.25, 0.3) is 0 Å².